The smallest absolute Gasteiger partial charge is 0.275 e. The van der Waals surface area contributed by atoms with Gasteiger partial charge in [-0.2, -0.15) is 0 Å². The van der Waals surface area contributed by atoms with E-state index in [2.05, 4.69) is 20.2 Å². The van der Waals surface area contributed by atoms with Crippen molar-refractivity contribution in [2.24, 2.45) is 0 Å². The van der Waals surface area contributed by atoms with Crippen molar-refractivity contribution in [3.8, 4) is 22.1 Å². The molecule has 0 unspecified atom stereocenters. The second kappa shape index (κ2) is 9.10. The van der Waals surface area contributed by atoms with Crippen LogP contribution in [0, 0.1) is 0 Å². The molecular formula is C21H22N4O4S. The maximum absolute atomic E-state index is 12.6. The Kier molecular flexibility index (Phi) is 6.10. The zero-order valence-corrected chi connectivity index (χ0v) is 17.6. The van der Waals surface area contributed by atoms with E-state index in [1.165, 1.54) is 11.3 Å². The molecule has 0 atom stereocenters. The lowest BCUT2D eigenvalue weighted by atomic mass is 10.2. The van der Waals surface area contributed by atoms with Crippen molar-refractivity contribution in [2.75, 3.05) is 50.7 Å². The van der Waals surface area contributed by atoms with Crippen LogP contribution in [0.4, 0.5) is 11.5 Å². The van der Waals surface area contributed by atoms with E-state index in [4.69, 9.17) is 14.2 Å². The minimum atomic E-state index is -0.289. The van der Waals surface area contributed by atoms with Crippen molar-refractivity contribution >= 4 is 28.7 Å². The SMILES string of the molecule is COc1ccc(NC(=O)c2csc(-c3ccc(N4CCOCC4)nc3)n2)cc1OC. The van der Waals surface area contributed by atoms with E-state index in [1.807, 2.05) is 12.1 Å². The van der Waals surface area contributed by atoms with Crippen LogP contribution in [0.25, 0.3) is 10.6 Å². The topological polar surface area (TPSA) is 85.8 Å². The molecule has 9 heteroatoms. The molecule has 1 saturated heterocycles. The Hall–Kier alpha value is -3.17. The Morgan fingerprint density at radius 1 is 1.13 bits per heavy atom. The second-order valence-corrected chi connectivity index (χ2v) is 7.42. The van der Waals surface area contributed by atoms with E-state index >= 15 is 0 Å². The monoisotopic (exact) mass is 426 g/mol. The standard InChI is InChI=1S/C21H22N4O4S/c1-27-17-5-4-15(11-18(17)28-2)23-20(26)16-13-30-21(24-16)14-3-6-19(22-12-14)25-7-9-29-10-8-25/h3-6,11-13H,7-10H2,1-2H3,(H,23,26). The average molecular weight is 426 g/mol. The lowest BCUT2D eigenvalue weighted by molar-refractivity contribution is 0.102. The highest BCUT2D eigenvalue weighted by molar-refractivity contribution is 7.13. The number of methoxy groups -OCH3 is 2. The Labute approximate surface area is 178 Å². The summed E-state index contributed by atoms with van der Waals surface area (Å²) in [6, 6.07) is 9.15. The zero-order chi connectivity index (χ0) is 20.9. The van der Waals surface area contributed by atoms with Crippen LogP contribution in [-0.2, 0) is 4.74 Å². The van der Waals surface area contributed by atoms with Gasteiger partial charge in [-0.15, -0.1) is 11.3 Å². The quantitative estimate of drug-likeness (QED) is 0.647. The molecule has 4 rings (SSSR count). The van der Waals surface area contributed by atoms with Gasteiger partial charge in [0.2, 0.25) is 0 Å². The van der Waals surface area contributed by atoms with Gasteiger partial charge in [-0.25, -0.2) is 9.97 Å². The highest BCUT2D eigenvalue weighted by atomic mass is 32.1. The van der Waals surface area contributed by atoms with Crippen molar-refractivity contribution in [3.63, 3.8) is 0 Å². The van der Waals surface area contributed by atoms with E-state index in [1.54, 1.807) is 44.0 Å². The summed E-state index contributed by atoms with van der Waals surface area (Å²) in [7, 11) is 3.11. The summed E-state index contributed by atoms with van der Waals surface area (Å²) in [4.78, 5) is 23.8. The number of thiazole rings is 1. The summed E-state index contributed by atoms with van der Waals surface area (Å²) in [5.74, 6) is 1.77. The fraction of sp³-hybridized carbons (Fsp3) is 0.286. The van der Waals surface area contributed by atoms with Crippen LogP contribution in [0.3, 0.4) is 0 Å². The third-order valence-electron chi connectivity index (χ3n) is 4.71. The first kappa shape index (κ1) is 20.1. The molecule has 1 amide bonds. The number of pyridine rings is 1. The number of benzene rings is 1. The number of hydrogen-bond acceptors (Lipinski definition) is 8. The number of amides is 1. The van der Waals surface area contributed by atoms with Gasteiger partial charge in [-0.1, -0.05) is 0 Å². The largest absolute Gasteiger partial charge is 0.493 e. The van der Waals surface area contributed by atoms with E-state index in [-0.39, 0.29) is 5.91 Å². The Bertz CT molecular complexity index is 1020. The number of rotatable bonds is 6. The van der Waals surface area contributed by atoms with Crippen LogP contribution in [0.1, 0.15) is 10.5 Å². The molecule has 2 aromatic heterocycles. The van der Waals surface area contributed by atoms with Crippen molar-refractivity contribution in [1.82, 2.24) is 9.97 Å². The van der Waals surface area contributed by atoms with Gasteiger partial charge in [0.15, 0.2) is 11.5 Å². The molecule has 0 bridgehead atoms. The summed E-state index contributed by atoms with van der Waals surface area (Å²) >= 11 is 1.41. The van der Waals surface area contributed by atoms with Crippen LogP contribution >= 0.6 is 11.3 Å². The number of ether oxygens (including phenoxy) is 3. The van der Waals surface area contributed by atoms with Gasteiger partial charge < -0.3 is 24.4 Å². The summed E-state index contributed by atoms with van der Waals surface area (Å²) in [6.45, 7) is 3.11. The number of anilines is 2. The van der Waals surface area contributed by atoms with Crippen molar-refractivity contribution < 1.29 is 19.0 Å². The first-order chi connectivity index (χ1) is 14.7. The maximum atomic E-state index is 12.6. The first-order valence-corrected chi connectivity index (χ1v) is 10.3. The predicted octanol–water partition coefficient (Wildman–Crippen LogP) is 3.31. The molecule has 156 valence electrons. The van der Waals surface area contributed by atoms with Crippen molar-refractivity contribution in [3.05, 3.63) is 47.6 Å². The minimum Gasteiger partial charge on any atom is -0.493 e. The number of aromatic nitrogens is 2. The molecule has 0 saturated carbocycles. The normalized spacial score (nSPS) is 13.7. The van der Waals surface area contributed by atoms with Gasteiger partial charge in [0.25, 0.3) is 5.91 Å². The molecule has 0 spiro atoms. The molecule has 1 aliphatic heterocycles. The lowest BCUT2D eigenvalue weighted by Gasteiger charge is -2.27. The van der Waals surface area contributed by atoms with Crippen LogP contribution in [-0.4, -0.2) is 56.4 Å². The number of nitrogens with one attached hydrogen (secondary N) is 1. The fourth-order valence-electron chi connectivity index (χ4n) is 3.11. The third-order valence-corrected chi connectivity index (χ3v) is 5.60. The lowest BCUT2D eigenvalue weighted by Crippen LogP contribution is -2.36. The molecule has 1 N–H and O–H groups in total. The number of morpholine rings is 1. The molecule has 1 fully saturated rings. The van der Waals surface area contributed by atoms with Gasteiger partial charge in [-0.05, 0) is 24.3 Å². The summed E-state index contributed by atoms with van der Waals surface area (Å²) in [5, 5.41) is 5.32. The summed E-state index contributed by atoms with van der Waals surface area (Å²) in [6.07, 6.45) is 1.79. The van der Waals surface area contributed by atoms with Crippen molar-refractivity contribution in [1.29, 1.82) is 0 Å². The third kappa shape index (κ3) is 4.37. The molecule has 3 aromatic rings. The number of carbonyl (C=O) groups excluding carboxylic acids is 1. The van der Waals surface area contributed by atoms with Gasteiger partial charge in [-0.3, -0.25) is 4.79 Å². The second-order valence-electron chi connectivity index (χ2n) is 6.57. The summed E-state index contributed by atoms with van der Waals surface area (Å²) < 4.78 is 15.9. The fourth-order valence-corrected chi connectivity index (χ4v) is 3.90. The molecule has 1 aliphatic rings. The van der Waals surface area contributed by atoms with Crippen LogP contribution in [0.2, 0.25) is 0 Å². The van der Waals surface area contributed by atoms with Crippen molar-refractivity contribution in [2.45, 2.75) is 0 Å². The molecule has 8 nitrogen and oxygen atoms in total. The number of nitrogens with zero attached hydrogens (tertiary/aromatic N) is 3. The highest BCUT2D eigenvalue weighted by Crippen LogP contribution is 2.30. The zero-order valence-electron chi connectivity index (χ0n) is 16.8. The Morgan fingerprint density at radius 3 is 2.63 bits per heavy atom. The predicted molar refractivity (Wildman–Crippen MR) is 116 cm³/mol. The van der Waals surface area contributed by atoms with E-state index < -0.39 is 0 Å². The van der Waals surface area contributed by atoms with E-state index in [9.17, 15) is 4.79 Å². The first-order valence-electron chi connectivity index (χ1n) is 9.46. The van der Waals surface area contributed by atoms with Gasteiger partial charge in [0, 0.05) is 42.0 Å². The maximum Gasteiger partial charge on any atom is 0.275 e. The van der Waals surface area contributed by atoms with Crippen LogP contribution in [0.5, 0.6) is 11.5 Å². The number of hydrogen-bond donors (Lipinski definition) is 1. The van der Waals surface area contributed by atoms with Gasteiger partial charge in [0.1, 0.15) is 16.5 Å². The molecule has 1 aromatic carbocycles. The molecular weight excluding hydrogens is 404 g/mol. The average Bonchev–Trinajstić information content (AvgIpc) is 3.30. The molecule has 0 aliphatic carbocycles. The van der Waals surface area contributed by atoms with E-state index in [0.717, 1.165) is 29.5 Å². The molecule has 3 heterocycles. The Balaban J connectivity index is 1.45. The molecule has 30 heavy (non-hydrogen) atoms. The van der Waals surface area contributed by atoms with Gasteiger partial charge in [0.05, 0.1) is 27.4 Å². The Morgan fingerprint density at radius 2 is 1.93 bits per heavy atom. The number of carbonyl (C=O) groups is 1. The minimum absolute atomic E-state index is 0.289. The van der Waals surface area contributed by atoms with E-state index in [0.29, 0.717) is 36.1 Å². The molecule has 0 radical (unpaired) electrons. The van der Waals surface area contributed by atoms with Gasteiger partial charge >= 0.3 is 0 Å². The summed E-state index contributed by atoms with van der Waals surface area (Å²) in [5.41, 5.74) is 1.83. The van der Waals surface area contributed by atoms with Crippen LogP contribution < -0.4 is 19.7 Å². The van der Waals surface area contributed by atoms with Crippen LogP contribution in [0.15, 0.2) is 41.9 Å². The highest BCUT2D eigenvalue weighted by Gasteiger charge is 2.15.